The van der Waals surface area contributed by atoms with Gasteiger partial charge in [0, 0.05) is 34.0 Å². The SMILES string of the molecule is COc1ccccc1OC(=O)Nc1cccc(-c2c(C(=O)c3ccccc3)cnc3c(C(F)(F)F)cccc23)c1. The van der Waals surface area contributed by atoms with Crippen LogP contribution in [0.25, 0.3) is 22.0 Å². The van der Waals surface area contributed by atoms with Crippen LogP contribution in [-0.4, -0.2) is 24.0 Å². The third-order valence-corrected chi connectivity index (χ3v) is 6.15. The highest BCUT2D eigenvalue weighted by Gasteiger charge is 2.34. The van der Waals surface area contributed by atoms with Crippen molar-refractivity contribution in [3.05, 3.63) is 120 Å². The molecule has 1 N–H and O–H groups in total. The fraction of sp³-hybridized carbons (Fsp3) is 0.0645. The molecule has 1 amide bonds. The molecule has 0 aliphatic rings. The number of carbonyl (C=O) groups is 2. The Morgan fingerprint density at radius 1 is 0.825 bits per heavy atom. The molecule has 4 aromatic carbocycles. The van der Waals surface area contributed by atoms with Crippen LogP contribution in [0.5, 0.6) is 11.5 Å². The molecule has 1 heterocycles. The number of nitrogens with zero attached hydrogens (tertiary/aromatic N) is 1. The van der Waals surface area contributed by atoms with Gasteiger partial charge in [0.05, 0.1) is 18.2 Å². The summed E-state index contributed by atoms with van der Waals surface area (Å²) in [7, 11) is 1.45. The first-order chi connectivity index (χ1) is 19.3. The number of fused-ring (bicyclic) bond motifs is 1. The first kappa shape index (κ1) is 26.4. The van der Waals surface area contributed by atoms with Gasteiger partial charge < -0.3 is 9.47 Å². The molecule has 40 heavy (non-hydrogen) atoms. The maximum absolute atomic E-state index is 13.8. The third kappa shape index (κ3) is 5.35. The van der Waals surface area contributed by atoms with E-state index in [1.807, 2.05) is 0 Å². The number of hydrogen-bond acceptors (Lipinski definition) is 5. The van der Waals surface area contributed by atoms with Crippen molar-refractivity contribution in [1.29, 1.82) is 0 Å². The van der Waals surface area contributed by atoms with Crippen molar-refractivity contribution in [3.8, 4) is 22.6 Å². The Balaban J connectivity index is 1.60. The number of amides is 1. The number of aromatic nitrogens is 1. The van der Waals surface area contributed by atoms with Crippen molar-refractivity contribution >= 4 is 28.5 Å². The minimum absolute atomic E-state index is 0.117. The number of ether oxygens (including phenoxy) is 2. The van der Waals surface area contributed by atoms with Crippen LogP contribution in [0.3, 0.4) is 0 Å². The molecule has 0 radical (unpaired) electrons. The van der Waals surface area contributed by atoms with Crippen LogP contribution in [0.4, 0.5) is 23.7 Å². The van der Waals surface area contributed by atoms with Gasteiger partial charge in [-0.2, -0.15) is 13.2 Å². The Labute approximate surface area is 227 Å². The first-order valence-electron chi connectivity index (χ1n) is 12.1. The van der Waals surface area contributed by atoms with Crippen LogP contribution in [0.2, 0.25) is 0 Å². The molecule has 9 heteroatoms. The van der Waals surface area contributed by atoms with Gasteiger partial charge in [0.15, 0.2) is 17.3 Å². The highest BCUT2D eigenvalue weighted by Crippen LogP contribution is 2.39. The summed E-state index contributed by atoms with van der Waals surface area (Å²) in [5, 5.41) is 2.76. The van der Waals surface area contributed by atoms with E-state index < -0.39 is 23.6 Å². The van der Waals surface area contributed by atoms with Crippen LogP contribution in [-0.2, 0) is 6.18 Å². The van der Waals surface area contributed by atoms with Gasteiger partial charge >= 0.3 is 12.3 Å². The van der Waals surface area contributed by atoms with Crippen LogP contribution < -0.4 is 14.8 Å². The van der Waals surface area contributed by atoms with E-state index in [4.69, 9.17) is 9.47 Å². The number of hydrogen-bond donors (Lipinski definition) is 1. The summed E-state index contributed by atoms with van der Waals surface area (Å²) < 4.78 is 52.1. The van der Waals surface area contributed by atoms with Gasteiger partial charge in [0.1, 0.15) is 0 Å². The van der Waals surface area contributed by atoms with Gasteiger partial charge in [-0.15, -0.1) is 0 Å². The van der Waals surface area contributed by atoms with E-state index in [1.54, 1.807) is 78.9 Å². The molecule has 0 aliphatic heterocycles. The second-order valence-electron chi connectivity index (χ2n) is 8.69. The van der Waals surface area contributed by atoms with Crippen LogP contribution in [0.1, 0.15) is 21.5 Å². The van der Waals surface area contributed by atoms with Gasteiger partial charge in [0.2, 0.25) is 0 Å². The average molecular weight is 543 g/mol. The van der Waals surface area contributed by atoms with E-state index in [1.165, 1.54) is 19.2 Å². The molecule has 0 spiro atoms. The number of nitrogens with one attached hydrogen (secondary N) is 1. The van der Waals surface area contributed by atoms with E-state index in [0.29, 0.717) is 22.6 Å². The van der Waals surface area contributed by atoms with Gasteiger partial charge in [-0.25, -0.2) is 4.79 Å². The standard InChI is InChI=1S/C31H21F3N2O4/c1-39-25-15-5-6-16-26(25)40-30(38)36-21-12-7-11-20(17-21)27-22-13-8-14-24(31(32,33)34)28(22)35-18-23(27)29(37)19-9-3-2-4-10-19/h2-18H,1H3,(H,36,38). The van der Waals surface area contributed by atoms with Crippen LogP contribution >= 0.6 is 0 Å². The smallest absolute Gasteiger partial charge is 0.418 e. The molecule has 0 unspecified atom stereocenters. The topological polar surface area (TPSA) is 77.5 Å². The Hall–Kier alpha value is -5.18. The highest BCUT2D eigenvalue weighted by molar-refractivity contribution is 6.17. The Bertz CT molecular complexity index is 1720. The minimum Gasteiger partial charge on any atom is -0.493 e. The van der Waals surface area contributed by atoms with Crippen molar-refractivity contribution in [1.82, 2.24) is 4.98 Å². The fourth-order valence-corrected chi connectivity index (χ4v) is 4.38. The fourth-order valence-electron chi connectivity index (χ4n) is 4.38. The third-order valence-electron chi connectivity index (χ3n) is 6.15. The Morgan fingerprint density at radius 2 is 1.52 bits per heavy atom. The van der Waals surface area contributed by atoms with Crippen molar-refractivity contribution in [2.24, 2.45) is 0 Å². The molecule has 6 nitrogen and oxygen atoms in total. The average Bonchev–Trinajstić information content (AvgIpc) is 2.96. The zero-order valence-electron chi connectivity index (χ0n) is 21.0. The summed E-state index contributed by atoms with van der Waals surface area (Å²) in [4.78, 5) is 30.2. The lowest BCUT2D eigenvalue weighted by molar-refractivity contribution is -0.136. The molecule has 0 saturated carbocycles. The molecule has 200 valence electrons. The number of para-hydroxylation sites is 3. The maximum Gasteiger partial charge on any atom is 0.418 e. The summed E-state index contributed by atoms with van der Waals surface area (Å²) in [6, 6.07) is 25.1. The second-order valence-corrected chi connectivity index (χ2v) is 8.69. The number of rotatable bonds is 6. The predicted octanol–water partition coefficient (Wildman–Crippen LogP) is 7.77. The highest BCUT2D eigenvalue weighted by atomic mass is 19.4. The van der Waals surface area contributed by atoms with Crippen molar-refractivity contribution in [2.75, 3.05) is 12.4 Å². The lowest BCUT2D eigenvalue weighted by Gasteiger charge is -2.16. The number of anilines is 1. The number of halogens is 3. The van der Waals surface area contributed by atoms with Gasteiger partial charge in [-0.1, -0.05) is 66.7 Å². The van der Waals surface area contributed by atoms with E-state index in [2.05, 4.69) is 10.3 Å². The number of benzene rings is 4. The normalized spacial score (nSPS) is 11.2. The number of pyridine rings is 1. The van der Waals surface area contributed by atoms with E-state index in [9.17, 15) is 22.8 Å². The van der Waals surface area contributed by atoms with Crippen LogP contribution in [0.15, 0.2) is 103 Å². The summed E-state index contributed by atoms with van der Waals surface area (Å²) >= 11 is 0. The maximum atomic E-state index is 13.8. The molecular formula is C31H21F3N2O4. The lowest BCUT2D eigenvalue weighted by Crippen LogP contribution is -2.17. The van der Waals surface area contributed by atoms with Crippen LogP contribution in [0, 0.1) is 0 Å². The molecule has 0 atom stereocenters. The van der Waals surface area contributed by atoms with Crippen molar-refractivity contribution in [3.63, 3.8) is 0 Å². The van der Waals surface area contributed by atoms with E-state index in [0.717, 1.165) is 12.3 Å². The minimum atomic E-state index is -4.65. The summed E-state index contributed by atoms with van der Waals surface area (Å²) in [5.41, 5.74) is 0.224. The Kier molecular flexibility index (Phi) is 7.20. The quantitative estimate of drug-likeness (QED) is 0.222. The van der Waals surface area contributed by atoms with Crippen molar-refractivity contribution in [2.45, 2.75) is 6.18 Å². The largest absolute Gasteiger partial charge is 0.493 e. The second kappa shape index (κ2) is 10.9. The Morgan fingerprint density at radius 3 is 2.25 bits per heavy atom. The number of methoxy groups -OCH3 is 1. The molecule has 0 bridgehead atoms. The summed E-state index contributed by atoms with van der Waals surface area (Å²) in [6.07, 6.45) is -4.29. The predicted molar refractivity (Wildman–Crippen MR) is 145 cm³/mol. The zero-order chi connectivity index (χ0) is 28.3. The molecule has 5 aromatic rings. The van der Waals surface area contributed by atoms with Gasteiger partial charge in [-0.05, 0) is 35.9 Å². The van der Waals surface area contributed by atoms with Gasteiger partial charge in [-0.3, -0.25) is 15.1 Å². The molecule has 5 rings (SSSR count). The summed E-state index contributed by atoms with van der Waals surface area (Å²) in [6.45, 7) is 0. The molecule has 0 fully saturated rings. The lowest BCUT2D eigenvalue weighted by atomic mass is 9.91. The summed E-state index contributed by atoms with van der Waals surface area (Å²) in [5.74, 6) is 0.157. The molecule has 0 saturated heterocycles. The first-order valence-corrected chi connectivity index (χ1v) is 12.1. The number of carbonyl (C=O) groups excluding carboxylic acids is 2. The number of alkyl halides is 3. The molecular weight excluding hydrogens is 521 g/mol. The van der Waals surface area contributed by atoms with E-state index >= 15 is 0 Å². The molecule has 0 aliphatic carbocycles. The van der Waals surface area contributed by atoms with E-state index in [-0.39, 0.29) is 27.8 Å². The van der Waals surface area contributed by atoms with Gasteiger partial charge in [0.25, 0.3) is 0 Å². The number of ketones is 1. The zero-order valence-corrected chi connectivity index (χ0v) is 21.0. The van der Waals surface area contributed by atoms with Crippen molar-refractivity contribution < 1.29 is 32.2 Å². The monoisotopic (exact) mass is 542 g/mol. The molecule has 1 aromatic heterocycles.